The fraction of sp³-hybridized carbons (Fsp3) is 0.125. The summed E-state index contributed by atoms with van der Waals surface area (Å²) >= 11 is 0. The number of halogens is 1. The Kier molecular flexibility index (Phi) is 3.06. The van der Waals surface area contributed by atoms with Crippen molar-refractivity contribution in [1.29, 1.82) is 0 Å². The SMILES string of the molecule is Cc1ccc(S(=O)Cl)cc1C(=O)O. The molecule has 1 N–H and O–H groups in total. The first kappa shape index (κ1) is 10.2. The predicted octanol–water partition coefficient (Wildman–Crippen LogP) is 1.95. The molecule has 0 heterocycles. The Labute approximate surface area is 82.3 Å². The van der Waals surface area contributed by atoms with Crippen molar-refractivity contribution in [2.24, 2.45) is 0 Å². The van der Waals surface area contributed by atoms with Crippen LogP contribution in [0.25, 0.3) is 0 Å². The number of carboxylic acid groups (broad SMARTS) is 1. The van der Waals surface area contributed by atoms with Gasteiger partial charge in [0, 0.05) is 0 Å². The van der Waals surface area contributed by atoms with Gasteiger partial charge in [-0.3, -0.25) is 0 Å². The molecule has 1 unspecified atom stereocenters. The summed E-state index contributed by atoms with van der Waals surface area (Å²) in [6.07, 6.45) is 0. The van der Waals surface area contributed by atoms with Gasteiger partial charge in [0.15, 0.2) is 0 Å². The average Bonchev–Trinajstić information content (AvgIpc) is 2.04. The van der Waals surface area contributed by atoms with Crippen molar-refractivity contribution in [2.45, 2.75) is 11.8 Å². The van der Waals surface area contributed by atoms with Gasteiger partial charge < -0.3 is 5.11 Å². The highest BCUT2D eigenvalue weighted by Crippen LogP contribution is 2.15. The molecule has 0 aliphatic rings. The van der Waals surface area contributed by atoms with Crippen LogP contribution in [0.4, 0.5) is 0 Å². The quantitative estimate of drug-likeness (QED) is 0.772. The molecule has 0 spiro atoms. The zero-order valence-corrected chi connectivity index (χ0v) is 8.35. The van der Waals surface area contributed by atoms with E-state index >= 15 is 0 Å². The monoisotopic (exact) mass is 218 g/mol. The van der Waals surface area contributed by atoms with Crippen molar-refractivity contribution in [1.82, 2.24) is 0 Å². The van der Waals surface area contributed by atoms with Gasteiger partial charge in [0.2, 0.25) is 0 Å². The largest absolute Gasteiger partial charge is 0.478 e. The van der Waals surface area contributed by atoms with Crippen molar-refractivity contribution in [2.75, 3.05) is 0 Å². The van der Waals surface area contributed by atoms with E-state index in [0.29, 0.717) is 10.5 Å². The summed E-state index contributed by atoms with van der Waals surface area (Å²) in [4.78, 5) is 11.0. The highest BCUT2D eigenvalue weighted by molar-refractivity contribution is 8.08. The van der Waals surface area contributed by atoms with Crippen LogP contribution in [0.2, 0.25) is 0 Å². The molecule has 1 atom stereocenters. The first-order chi connectivity index (χ1) is 6.02. The van der Waals surface area contributed by atoms with Crippen molar-refractivity contribution >= 4 is 26.7 Å². The number of hydrogen-bond acceptors (Lipinski definition) is 2. The molecule has 0 fully saturated rings. The highest BCUT2D eigenvalue weighted by atomic mass is 35.7. The van der Waals surface area contributed by atoms with E-state index in [4.69, 9.17) is 15.8 Å². The Morgan fingerprint density at radius 1 is 1.54 bits per heavy atom. The first-order valence-corrected chi connectivity index (χ1v) is 5.42. The molecular weight excluding hydrogens is 212 g/mol. The van der Waals surface area contributed by atoms with Crippen molar-refractivity contribution in [3.05, 3.63) is 29.3 Å². The molecule has 1 rings (SSSR count). The van der Waals surface area contributed by atoms with Gasteiger partial charge in [-0.15, -0.1) is 0 Å². The standard InChI is InChI=1S/C8H7ClO3S/c1-5-2-3-6(13(9)12)4-7(5)8(10)11/h2-4H,1H3,(H,10,11). The molecule has 70 valence electrons. The third-order valence-corrected chi connectivity index (χ3v) is 2.78. The number of hydrogen-bond donors (Lipinski definition) is 1. The topological polar surface area (TPSA) is 54.4 Å². The average molecular weight is 219 g/mol. The van der Waals surface area contributed by atoms with Gasteiger partial charge >= 0.3 is 5.97 Å². The normalized spacial score (nSPS) is 12.5. The molecule has 13 heavy (non-hydrogen) atoms. The Morgan fingerprint density at radius 3 is 2.62 bits per heavy atom. The molecule has 0 aliphatic heterocycles. The van der Waals surface area contributed by atoms with Crippen LogP contribution in [-0.2, 0) is 10.0 Å². The highest BCUT2D eigenvalue weighted by Gasteiger charge is 2.09. The van der Waals surface area contributed by atoms with E-state index in [1.165, 1.54) is 6.07 Å². The number of carbonyl (C=O) groups is 1. The maximum Gasteiger partial charge on any atom is 0.335 e. The second-order valence-corrected chi connectivity index (χ2v) is 4.26. The Balaban J connectivity index is 3.27. The molecule has 0 radical (unpaired) electrons. The summed E-state index contributed by atoms with van der Waals surface area (Å²) in [6.45, 7) is 1.67. The van der Waals surface area contributed by atoms with Crippen LogP contribution < -0.4 is 0 Å². The third-order valence-electron chi connectivity index (χ3n) is 1.62. The van der Waals surface area contributed by atoms with E-state index in [9.17, 15) is 9.00 Å². The van der Waals surface area contributed by atoms with E-state index in [0.717, 1.165) is 0 Å². The Hall–Kier alpha value is -0.870. The van der Waals surface area contributed by atoms with E-state index < -0.39 is 16.0 Å². The van der Waals surface area contributed by atoms with E-state index in [1.807, 2.05) is 0 Å². The lowest BCUT2D eigenvalue weighted by Crippen LogP contribution is -2.00. The van der Waals surface area contributed by atoms with Gasteiger partial charge in [-0.2, -0.15) is 0 Å². The van der Waals surface area contributed by atoms with E-state index in [2.05, 4.69) is 0 Å². The fourth-order valence-corrected chi connectivity index (χ4v) is 1.60. The lowest BCUT2D eigenvalue weighted by molar-refractivity contribution is 0.0696. The van der Waals surface area contributed by atoms with Gasteiger partial charge in [-0.05, 0) is 35.3 Å². The van der Waals surface area contributed by atoms with Crippen LogP contribution >= 0.6 is 10.7 Å². The molecule has 1 aromatic carbocycles. The number of aryl methyl sites for hydroxylation is 1. The van der Waals surface area contributed by atoms with E-state index in [1.54, 1.807) is 19.1 Å². The smallest absolute Gasteiger partial charge is 0.335 e. The number of benzene rings is 1. The first-order valence-electron chi connectivity index (χ1n) is 3.44. The summed E-state index contributed by atoms with van der Waals surface area (Å²) in [5, 5.41) is 8.73. The van der Waals surface area contributed by atoms with Crippen molar-refractivity contribution in [3.63, 3.8) is 0 Å². The summed E-state index contributed by atoms with van der Waals surface area (Å²) in [6, 6.07) is 4.45. The second-order valence-electron chi connectivity index (χ2n) is 2.51. The van der Waals surface area contributed by atoms with Gasteiger partial charge in [-0.25, -0.2) is 9.00 Å². The molecule has 0 aliphatic carbocycles. The minimum Gasteiger partial charge on any atom is -0.478 e. The molecule has 0 saturated carbocycles. The molecule has 0 aromatic heterocycles. The van der Waals surface area contributed by atoms with Crippen LogP contribution in [0, 0.1) is 6.92 Å². The minimum absolute atomic E-state index is 0.131. The lowest BCUT2D eigenvalue weighted by Gasteiger charge is -2.01. The second kappa shape index (κ2) is 3.89. The summed E-state index contributed by atoms with van der Waals surface area (Å²) < 4.78 is 10.8. The van der Waals surface area contributed by atoms with E-state index in [-0.39, 0.29) is 5.56 Å². The summed E-state index contributed by atoms with van der Waals surface area (Å²) in [5.74, 6) is -1.04. The fourth-order valence-electron chi connectivity index (χ4n) is 0.931. The lowest BCUT2D eigenvalue weighted by atomic mass is 10.1. The zero-order valence-electron chi connectivity index (χ0n) is 6.78. The number of aromatic carboxylic acids is 1. The van der Waals surface area contributed by atoms with Crippen LogP contribution in [0.1, 0.15) is 15.9 Å². The Morgan fingerprint density at radius 2 is 2.15 bits per heavy atom. The summed E-state index contributed by atoms with van der Waals surface area (Å²) in [5.41, 5.74) is 0.755. The molecule has 0 amide bonds. The van der Waals surface area contributed by atoms with Crippen LogP contribution in [0.3, 0.4) is 0 Å². The summed E-state index contributed by atoms with van der Waals surface area (Å²) in [7, 11) is 3.66. The van der Waals surface area contributed by atoms with Crippen LogP contribution in [0.15, 0.2) is 23.1 Å². The maximum atomic E-state index is 10.8. The number of carboxylic acids is 1. The van der Waals surface area contributed by atoms with Crippen LogP contribution in [-0.4, -0.2) is 15.3 Å². The molecule has 0 saturated heterocycles. The van der Waals surface area contributed by atoms with Crippen LogP contribution in [0.5, 0.6) is 0 Å². The van der Waals surface area contributed by atoms with Crippen molar-refractivity contribution in [3.8, 4) is 0 Å². The maximum absolute atomic E-state index is 10.8. The van der Waals surface area contributed by atoms with Gasteiger partial charge in [0.1, 0.15) is 10.0 Å². The van der Waals surface area contributed by atoms with Gasteiger partial charge in [0.25, 0.3) is 0 Å². The van der Waals surface area contributed by atoms with Gasteiger partial charge in [-0.1, -0.05) is 6.07 Å². The van der Waals surface area contributed by atoms with Gasteiger partial charge in [0.05, 0.1) is 10.5 Å². The number of rotatable bonds is 2. The van der Waals surface area contributed by atoms with Crippen molar-refractivity contribution < 1.29 is 14.1 Å². The minimum atomic E-state index is -1.66. The molecule has 5 heteroatoms. The zero-order chi connectivity index (χ0) is 10.0. The Bertz CT molecular complexity index is 376. The predicted molar refractivity (Wildman–Crippen MR) is 50.4 cm³/mol. The molecule has 0 bridgehead atoms. The molecular formula is C8H7ClO3S. The molecule has 3 nitrogen and oxygen atoms in total. The third kappa shape index (κ3) is 2.29. The molecule has 1 aromatic rings.